The van der Waals surface area contributed by atoms with Gasteiger partial charge in [0.15, 0.2) is 0 Å². The summed E-state index contributed by atoms with van der Waals surface area (Å²) in [5, 5.41) is 3.57. The van der Waals surface area contributed by atoms with Gasteiger partial charge in [0.1, 0.15) is 5.75 Å². The standard InChI is InChI=1S/C19H28N2O2.ClH/c1-3-23-16-10-8-14(9-11-16)13-21(2)19(22)18-12-15-6-4-5-7-17(15)20-18;/h8-11,15,17-18,20H,3-7,12-13H2,1-2H3;1H. The van der Waals surface area contributed by atoms with Crippen LogP contribution in [0.15, 0.2) is 24.3 Å². The number of rotatable bonds is 5. The molecule has 1 saturated heterocycles. The molecule has 1 aliphatic carbocycles. The van der Waals surface area contributed by atoms with Crippen LogP contribution in [0.2, 0.25) is 0 Å². The van der Waals surface area contributed by atoms with Crippen LogP contribution in [0.3, 0.4) is 0 Å². The highest BCUT2D eigenvalue weighted by Gasteiger charge is 2.39. The van der Waals surface area contributed by atoms with Gasteiger partial charge in [0.2, 0.25) is 5.91 Å². The summed E-state index contributed by atoms with van der Waals surface area (Å²) in [5.74, 6) is 1.82. The molecule has 3 rings (SSSR count). The number of ether oxygens (including phenoxy) is 1. The number of carbonyl (C=O) groups excluding carboxylic acids is 1. The Balaban J connectivity index is 0.00000208. The first kappa shape index (κ1) is 19.1. The second-order valence-electron chi connectivity index (χ2n) is 6.88. The largest absolute Gasteiger partial charge is 0.494 e. The fourth-order valence-corrected chi connectivity index (χ4v) is 3.99. The van der Waals surface area contributed by atoms with E-state index in [1.54, 1.807) is 0 Å². The SMILES string of the molecule is CCOc1ccc(CN(C)C(=O)C2CC3CCCCC3N2)cc1.Cl. The number of nitrogens with one attached hydrogen (secondary N) is 1. The van der Waals surface area contributed by atoms with Gasteiger partial charge in [-0.3, -0.25) is 4.79 Å². The molecule has 24 heavy (non-hydrogen) atoms. The van der Waals surface area contributed by atoms with Crippen molar-refractivity contribution in [3.05, 3.63) is 29.8 Å². The molecule has 1 saturated carbocycles. The van der Waals surface area contributed by atoms with E-state index in [2.05, 4.69) is 5.32 Å². The van der Waals surface area contributed by atoms with Crippen LogP contribution in [-0.4, -0.2) is 36.5 Å². The van der Waals surface area contributed by atoms with E-state index in [-0.39, 0.29) is 24.4 Å². The summed E-state index contributed by atoms with van der Waals surface area (Å²) in [5.41, 5.74) is 1.14. The molecule has 1 amide bonds. The van der Waals surface area contributed by atoms with Gasteiger partial charge in [-0.2, -0.15) is 0 Å². The summed E-state index contributed by atoms with van der Waals surface area (Å²) in [4.78, 5) is 14.6. The third kappa shape index (κ3) is 4.42. The van der Waals surface area contributed by atoms with E-state index in [1.807, 2.05) is 43.1 Å². The minimum absolute atomic E-state index is 0. The fourth-order valence-electron chi connectivity index (χ4n) is 3.99. The summed E-state index contributed by atoms with van der Waals surface area (Å²) in [6.45, 7) is 3.30. The van der Waals surface area contributed by atoms with Crippen LogP contribution in [-0.2, 0) is 11.3 Å². The Morgan fingerprint density at radius 2 is 1.96 bits per heavy atom. The summed E-state index contributed by atoms with van der Waals surface area (Å²) < 4.78 is 5.46. The summed E-state index contributed by atoms with van der Waals surface area (Å²) in [6.07, 6.45) is 6.15. The van der Waals surface area contributed by atoms with E-state index in [9.17, 15) is 4.79 Å². The van der Waals surface area contributed by atoms with Gasteiger partial charge in [-0.25, -0.2) is 0 Å². The zero-order chi connectivity index (χ0) is 16.2. The second-order valence-corrected chi connectivity index (χ2v) is 6.88. The molecule has 1 heterocycles. The van der Waals surface area contributed by atoms with Crippen molar-refractivity contribution in [2.24, 2.45) is 5.92 Å². The molecule has 0 aromatic heterocycles. The lowest BCUT2D eigenvalue weighted by Crippen LogP contribution is -2.43. The Morgan fingerprint density at radius 1 is 1.25 bits per heavy atom. The number of hydrogen-bond donors (Lipinski definition) is 1. The number of amides is 1. The Bertz CT molecular complexity index is 521. The Hall–Kier alpha value is -1.26. The number of carbonyl (C=O) groups is 1. The first-order valence-corrected chi connectivity index (χ1v) is 8.90. The van der Waals surface area contributed by atoms with Crippen molar-refractivity contribution < 1.29 is 9.53 Å². The summed E-state index contributed by atoms with van der Waals surface area (Å²) in [6, 6.07) is 8.60. The highest BCUT2D eigenvalue weighted by atomic mass is 35.5. The highest BCUT2D eigenvalue weighted by Crippen LogP contribution is 2.33. The predicted octanol–water partition coefficient (Wildman–Crippen LogP) is 3.39. The Labute approximate surface area is 151 Å². The van der Waals surface area contributed by atoms with Gasteiger partial charge in [0.05, 0.1) is 12.6 Å². The average molecular weight is 353 g/mol. The molecule has 0 spiro atoms. The van der Waals surface area contributed by atoms with Crippen LogP contribution in [0, 0.1) is 5.92 Å². The van der Waals surface area contributed by atoms with Gasteiger partial charge in [-0.15, -0.1) is 12.4 Å². The van der Waals surface area contributed by atoms with E-state index in [0.717, 1.165) is 17.7 Å². The molecule has 1 N–H and O–H groups in total. The fraction of sp³-hybridized carbons (Fsp3) is 0.632. The smallest absolute Gasteiger partial charge is 0.239 e. The Kier molecular flexibility index (Phi) is 6.93. The molecule has 1 aromatic rings. The lowest BCUT2D eigenvalue weighted by atomic mass is 9.85. The molecule has 3 unspecified atom stereocenters. The van der Waals surface area contributed by atoms with Gasteiger partial charge >= 0.3 is 0 Å². The van der Waals surface area contributed by atoms with E-state index in [0.29, 0.717) is 25.1 Å². The predicted molar refractivity (Wildman–Crippen MR) is 98.6 cm³/mol. The van der Waals surface area contributed by atoms with Crippen molar-refractivity contribution in [1.82, 2.24) is 10.2 Å². The maximum atomic E-state index is 12.7. The van der Waals surface area contributed by atoms with E-state index < -0.39 is 0 Å². The molecule has 3 atom stereocenters. The molecule has 134 valence electrons. The zero-order valence-electron chi connectivity index (χ0n) is 14.7. The minimum Gasteiger partial charge on any atom is -0.494 e. The zero-order valence-corrected chi connectivity index (χ0v) is 15.5. The van der Waals surface area contributed by atoms with E-state index in [1.165, 1.54) is 25.7 Å². The minimum atomic E-state index is 0. The maximum absolute atomic E-state index is 12.7. The van der Waals surface area contributed by atoms with Gasteiger partial charge in [0, 0.05) is 19.6 Å². The molecule has 2 fully saturated rings. The third-order valence-electron chi connectivity index (χ3n) is 5.19. The van der Waals surface area contributed by atoms with Crippen molar-refractivity contribution >= 4 is 18.3 Å². The van der Waals surface area contributed by atoms with Crippen LogP contribution in [0.1, 0.15) is 44.6 Å². The Morgan fingerprint density at radius 3 is 2.62 bits per heavy atom. The number of nitrogens with zero attached hydrogens (tertiary/aromatic N) is 1. The normalized spacial score (nSPS) is 25.5. The lowest BCUT2D eigenvalue weighted by Gasteiger charge is -2.24. The van der Waals surface area contributed by atoms with Crippen LogP contribution in [0.5, 0.6) is 5.75 Å². The highest BCUT2D eigenvalue weighted by molar-refractivity contribution is 5.85. The van der Waals surface area contributed by atoms with Crippen LogP contribution in [0.4, 0.5) is 0 Å². The van der Waals surface area contributed by atoms with Gasteiger partial charge in [-0.05, 0) is 49.8 Å². The summed E-state index contributed by atoms with van der Waals surface area (Å²) in [7, 11) is 1.91. The number of halogens is 1. The van der Waals surface area contributed by atoms with Crippen molar-refractivity contribution in [3.8, 4) is 5.75 Å². The average Bonchev–Trinajstić information content (AvgIpc) is 3.00. The number of fused-ring (bicyclic) bond motifs is 1. The monoisotopic (exact) mass is 352 g/mol. The number of hydrogen-bond acceptors (Lipinski definition) is 3. The van der Waals surface area contributed by atoms with Crippen LogP contribution >= 0.6 is 12.4 Å². The first-order chi connectivity index (χ1) is 11.2. The topological polar surface area (TPSA) is 41.6 Å². The van der Waals surface area contributed by atoms with Crippen molar-refractivity contribution in [3.63, 3.8) is 0 Å². The van der Waals surface area contributed by atoms with Gasteiger partial charge in [-0.1, -0.05) is 25.0 Å². The molecule has 4 nitrogen and oxygen atoms in total. The molecule has 1 aliphatic heterocycles. The van der Waals surface area contributed by atoms with E-state index in [4.69, 9.17) is 4.74 Å². The molecule has 0 radical (unpaired) electrons. The lowest BCUT2D eigenvalue weighted by molar-refractivity contribution is -0.132. The number of benzene rings is 1. The number of likely N-dealkylation sites (N-methyl/N-ethyl adjacent to an activating group) is 1. The van der Waals surface area contributed by atoms with Crippen LogP contribution < -0.4 is 10.1 Å². The third-order valence-corrected chi connectivity index (χ3v) is 5.19. The van der Waals surface area contributed by atoms with Crippen molar-refractivity contribution in [2.45, 2.75) is 57.7 Å². The molecule has 1 aromatic carbocycles. The second kappa shape index (κ2) is 8.72. The first-order valence-electron chi connectivity index (χ1n) is 8.90. The molecule has 5 heteroatoms. The molecular weight excluding hydrogens is 324 g/mol. The van der Waals surface area contributed by atoms with Gasteiger partial charge < -0.3 is 15.0 Å². The van der Waals surface area contributed by atoms with Gasteiger partial charge in [0.25, 0.3) is 0 Å². The summed E-state index contributed by atoms with van der Waals surface area (Å²) >= 11 is 0. The van der Waals surface area contributed by atoms with Crippen LogP contribution in [0.25, 0.3) is 0 Å². The maximum Gasteiger partial charge on any atom is 0.239 e. The molecular formula is C19H29ClN2O2. The van der Waals surface area contributed by atoms with Crippen molar-refractivity contribution in [1.29, 1.82) is 0 Å². The van der Waals surface area contributed by atoms with Crippen molar-refractivity contribution in [2.75, 3.05) is 13.7 Å². The quantitative estimate of drug-likeness (QED) is 0.883. The molecule has 2 aliphatic rings. The molecule has 0 bridgehead atoms. The van der Waals surface area contributed by atoms with E-state index >= 15 is 0 Å².